The highest BCUT2D eigenvalue weighted by Gasteiger charge is 2.29. The summed E-state index contributed by atoms with van der Waals surface area (Å²) in [6.45, 7) is 2.00. The number of hydrogen-bond acceptors (Lipinski definition) is 5. The zero-order chi connectivity index (χ0) is 17.4. The summed E-state index contributed by atoms with van der Waals surface area (Å²) in [5.74, 6) is 1.49. The molecule has 2 N–H and O–H groups in total. The van der Waals surface area contributed by atoms with Crippen molar-refractivity contribution in [3.63, 3.8) is 0 Å². The van der Waals surface area contributed by atoms with E-state index in [-0.39, 0.29) is 0 Å². The first-order chi connectivity index (χ1) is 12.2. The molecule has 2 aromatic carbocycles. The minimum Gasteiger partial charge on any atom is -0.496 e. The van der Waals surface area contributed by atoms with Crippen molar-refractivity contribution in [1.82, 2.24) is 15.1 Å². The number of aliphatic hydroxyl groups is 1. The van der Waals surface area contributed by atoms with Gasteiger partial charge in [0.15, 0.2) is 0 Å². The third kappa shape index (κ3) is 2.83. The number of hydrogen-bond donors (Lipinski definition) is 2. The normalized spacial score (nSPS) is 17.5. The van der Waals surface area contributed by atoms with Crippen LogP contribution in [0.3, 0.4) is 0 Å². The van der Waals surface area contributed by atoms with E-state index in [1.165, 1.54) is 5.56 Å². The average Bonchev–Trinajstić information content (AvgIpc) is 3.08. The quantitative estimate of drug-likeness (QED) is 0.765. The maximum atomic E-state index is 10.7. The van der Waals surface area contributed by atoms with Crippen LogP contribution in [-0.4, -0.2) is 41.0 Å². The molecular formula is C19H21N3O3. The van der Waals surface area contributed by atoms with Crippen LogP contribution in [0.25, 0.3) is 10.9 Å². The molecule has 2 heterocycles. The lowest BCUT2D eigenvalue weighted by Gasteiger charge is -2.34. The van der Waals surface area contributed by atoms with Gasteiger partial charge in [-0.15, -0.1) is 0 Å². The van der Waals surface area contributed by atoms with Crippen molar-refractivity contribution in [2.24, 2.45) is 0 Å². The topological polar surface area (TPSA) is 70.6 Å². The van der Waals surface area contributed by atoms with E-state index >= 15 is 0 Å². The molecule has 0 fully saturated rings. The summed E-state index contributed by atoms with van der Waals surface area (Å²) in [6.07, 6.45) is 1.21. The van der Waals surface area contributed by atoms with Crippen LogP contribution in [0, 0.1) is 0 Å². The molecule has 1 aromatic heterocycles. The number of ether oxygens (including phenoxy) is 2. The van der Waals surface area contributed by atoms with Crippen LogP contribution < -0.4 is 9.47 Å². The van der Waals surface area contributed by atoms with Crippen LogP contribution in [0.4, 0.5) is 0 Å². The van der Waals surface area contributed by atoms with E-state index in [9.17, 15) is 5.11 Å². The third-order valence-electron chi connectivity index (χ3n) is 4.77. The van der Waals surface area contributed by atoms with Crippen molar-refractivity contribution in [1.29, 1.82) is 0 Å². The molecule has 0 saturated carbocycles. The molecule has 0 amide bonds. The molecule has 1 aliphatic rings. The van der Waals surface area contributed by atoms with E-state index in [1.807, 2.05) is 18.3 Å². The molecule has 1 unspecified atom stereocenters. The Morgan fingerprint density at radius 2 is 2.00 bits per heavy atom. The van der Waals surface area contributed by atoms with Gasteiger partial charge in [0.1, 0.15) is 11.5 Å². The molecule has 1 aliphatic heterocycles. The van der Waals surface area contributed by atoms with E-state index in [0.717, 1.165) is 34.3 Å². The molecule has 3 aromatic rings. The van der Waals surface area contributed by atoms with E-state index in [2.05, 4.69) is 33.3 Å². The Morgan fingerprint density at radius 3 is 2.80 bits per heavy atom. The molecule has 6 heteroatoms. The highest BCUT2D eigenvalue weighted by atomic mass is 16.5. The first kappa shape index (κ1) is 15.9. The fourth-order valence-corrected chi connectivity index (χ4v) is 3.61. The van der Waals surface area contributed by atoms with E-state index in [1.54, 1.807) is 14.2 Å². The Balaban J connectivity index is 1.64. The molecule has 4 rings (SSSR count). The first-order valence-corrected chi connectivity index (χ1v) is 8.25. The SMILES string of the molecule is COc1ccc(OC)c2c1CN(Cc1ccc3cn[nH]c3c1)CC2O. The van der Waals surface area contributed by atoms with Gasteiger partial charge in [0.2, 0.25) is 0 Å². The number of methoxy groups -OCH3 is 2. The van der Waals surface area contributed by atoms with E-state index in [4.69, 9.17) is 9.47 Å². The van der Waals surface area contributed by atoms with E-state index < -0.39 is 6.10 Å². The van der Waals surface area contributed by atoms with Crippen LogP contribution in [0.2, 0.25) is 0 Å². The summed E-state index contributed by atoms with van der Waals surface area (Å²) in [5, 5.41) is 18.8. The standard InChI is InChI=1S/C19H21N3O3/c1-24-17-5-6-18(25-2)19-14(17)10-22(11-16(19)23)9-12-3-4-13-8-20-21-15(13)7-12/h3-8,16,23H,9-11H2,1-2H3,(H,20,21). The van der Waals surface area contributed by atoms with Gasteiger partial charge in [0, 0.05) is 36.1 Å². The van der Waals surface area contributed by atoms with Gasteiger partial charge in [0.05, 0.1) is 32.0 Å². The van der Waals surface area contributed by atoms with Gasteiger partial charge in [-0.05, 0) is 23.8 Å². The lowest BCUT2D eigenvalue weighted by Crippen LogP contribution is -2.33. The highest BCUT2D eigenvalue weighted by molar-refractivity contribution is 5.78. The molecule has 0 saturated heterocycles. The number of H-pyrrole nitrogens is 1. The maximum Gasteiger partial charge on any atom is 0.125 e. The molecule has 1 atom stereocenters. The van der Waals surface area contributed by atoms with Gasteiger partial charge < -0.3 is 14.6 Å². The van der Waals surface area contributed by atoms with Gasteiger partial charge >= 0.3 is 0 Å². The summed E-state index contributed by atoms with van der Waals surface area (Å²) >= 11 is 0. The lowest BCUT2D eigenvalue weighted by molar-refractivity contribution is 0.0843. The van der Waals surface area contributed by atoms with Gasteiger partial charge in [-0.1, -0.05) is 12.1 Å². The van der Waals surface area contributed by atoms with Crippen molar-refractivity contribution in [2.45, 2.75) is 19.2 Å². The monoisotopic (exact) mass is 339 g/mol. The Morgan fingerprint density at radius 1 is 1.20 bits per heavy atom. The summed E-state index contributed by atoms with van der Waals surface area (Å²) in [4.78, 5) is 2.21. The van der Waals surface area contributed by atoms with Crippen molar-refractivity contribution in [3.05, 3.63) is 53.2 Å². The number of fused-ring (bicyclic) bond motifs is 2. The number of rotatable bonds is 4. The second kappa shape index (κ2) is 6.38. The zero-order valence-corrected chi connectivity index (χ0v) is 14.3. The first-order valence-electron chi connectivity index (χ1n) is 8.25. The number of nitrogens with one attached hydrogen (secondary N) is 1. The van der Waals surface area contributed by atoms with Gasteiger partial charge in [0.25, 0.3) is 0 Å². The van der Waals surface area contributed by atoms with Crippen LogP contribution in [0.5, 0.6) is 11.5 Å². The fraction of sp³-hybridized carbons (Fsp3) is 0.316. The summed E-state index contributed by atoms with van der Waals surface area (Å²) in [6, 6.07) is 10.0. The van der Waals surface area contributed by atoms with Crippen molar-refractivity contribution >= 4 is 10.9 Å². The van der Waals surface area contributed by atoms with Crippen molar-refractivity contribution in [2.75, 3.05) is 20.8 Å². The van der Waals surface area contributed by atoms with Crippen LogP contribution in [0.15, 0.2) is 36.5 Å². The molecule has 0 spiro atoms. The average molecular weight is 339 g/mol. The minimum atomic E-state index is -0.607. The molecule has 6 nitrogen and oxygen atoms in total. The van der Waals surface area contributed by atoms with Crippen LogP contribution in [-0.2, 0) is 13.1 Å². The third-order valence-corrected chi connectivity index (χ3v) is 4.77. The van der Waals surface area contributed by atoms with Gasteiger partial charge in [-0.3, -0.25) is 10.00 Å². The van der Waals surface area contributed by atoms with Crippen LogP contribution >= 0.6 is 0 Å². The fourth-order valence-electron chi connectivity index (χ4n) is 3.61. The number of benzene rings is 2. The predicted molar refractivity (Wildman–Crippen MR) is 94.7 cm³/mol. The second-order valence-electron chi connectivity index (χ2n) is 6.34. The molecule has 0 aliphatic carbocycles. The van der Waals surface area contributed by atoms with Gasteiger partial charge in [-0.2, -0.15) is 5.10 Å². The van der Waals surface area contributed by atoms with Gasteiger partial charge in [-0.25, -0.2) is 0 Å². The zero-order valence-electron chi connectivity index (χ0n) is 14.3. The summed E-state index contributed by atoms with van der Waals surface area (Å²) in [5.41, 5.74) is 4.02. The Hall–Kier alpha value is -2.57. The number of aromatic nitrogens is 2. The van der Waals surface area contributed by atoms with Crippen molar-refractivity contribution < 1.29 is 14.6 Å². The summed E-state index contributed by atoms with van der Waals surface area (Å²) < 4.78 is 10.9. The number of aromatic amines is 1. The molecular weight excluding hydrogens is 318 g/mol. The van der Waals surface area contributed by atoms with Crippen molar-refractivity contribution in [3.8, 4) is 11.5 Å². The largest absolute Gasteiger partial charge is 0.496 e. The lowest BCUT2D eigenvalue weighted by atomic mass is 9.95. The highest BCUT2D eigenvalue weighted by Crippen LogP contribution is 2.39. The molecule has 25 heavy (non-hydrogen) atoms. The predicted octanol–water partition coefficient (Wildman–Crippen LogP) is 2.63. The number of aliphatic hydroxyl groups excluding tert-OH is 1. The second-order valence-corrected chi connectivity index (χ2v) is 6.34. The maximum absolute atomic E-state index is 10.7. The number of nitrogens with zero attached hydrogens (tertiary/aromatic N) is 2. The summed E-state index contributed by atoms with van der Waals surface area (Å²) in [7, 11) is 3.28. The Kier molecular flexibility index (Phi) is 4.07. The van der Waals surface area contributed by atoms with E-state index in [0.29, 0.717) is 18.8 Å². The molecule has 130 valence electrons. The molecule has 0 bridgehead atoms. The smallest absolute Gasteiger partial charge is 0.125 e. The molecule has 0 radical (unpaired) electrons. The Labute approximate surface area is 146 Å². The van der Waals surface area contributed by atoms with Crippen LogP contribution in [0.1, 0.15) is 22.8 Å². The minimum absolute atomic E-state index is 0.553. The Bertz CT molecular complexity index is 906. The number of β-amino-alcohol motifs (C(OH)–C–C–N with tert-alkyl or cyclic N) is 1.